The van der Waals surface area contributed by atoms with Gasteiger partial charge in [0.25, 0.3) is 0 Å². The van der Waals surface area contributed by atoms with Crippen LogP contribution in [0.3, 0.4) is 0 Å². The predicted molar refractivity (Wildman–Crippen MR) is 85.2 cm³/mol. The maximum Gasteiger partial charge on any atom is 0.149 e. The Bertz CT molecular complexity index is 727. The van der Waals surface area contributed by atoms with E-state index in [-0.39, 0.29) is 0 Å². The average Bonchev–Trinajstić information content (AvgIpc) is 2.93. The predicted octanol–water partition coefficient (Wildman–Crippen LogP) is 5.01. The molecule has 3 nitrogen and oxygen atoms in total. The number of benzene rings is 1. The fourth-order valence-corrected chi connectivity index (χ4v) is 3.47. The lowest BCUT2D eigenvalue weighted by Crippen LogP contribution is -2.05. The first-order chi connectivity index (χ1) is 9.52. The van der Waals surface area contributed by atoms with Gasteiger partial charge < -0.3 is 14.6 Å². The van der Waals surface area contributed by atoms with Crippen LogP contribution in [0.15, 0.2) is 25.4 Å². The van der Waals surface area contributed by atoms with Crippen molar-refractivity contribution in [1.29, 1.82) is 0 Å². The van der Waals surface area contributed by atoms with Gasteiger partial charge in [-0.2, -0.15) is 0 Å². The van der Waals surface area contributed by atoms with Crippen LogP contribution in [0, 0.1) is 13.8 Å². The molecule has 0 aliphatic heterocycles. The average molecular weight is 336 g/mol. The number of hydrogen-bond acceptors (Lipinski definition) is 3. The van der Waals surface area contributed by atoms with Gasteiger partial charge in [-0.05, 0) is 60.8 Å². The summed E-state index contributed by atoms with van der Waals surface area (Å²) in [6, 6.07) is 4.13. The van der Waals surface area contributed by atoms with Gasteiger partial charge in [0.1, 0.15) is 22.7 Å². The van der Waals surface area contributed by atoms with E-state index in [0.717, 1.165) is 44.4 Å². The molecule has 2 aromatic heterocycles. The van der Waals surface area contributed by atoms with Crippen molar-refractivity contribution in [3.05, 3.63) is 33.7 Å². The maximum absolute atomic E-state index is 5.95. The van der Waals surface area contributed by atoms with Gasteiger partial charge >= 0.3 is 0 Å². The molecule has 0 saturated carbocycles. The normalized spacial score (nSPS) is 13.4. The number of furan rings is 2. The van der Waals surface area contributed by atoms with Crippen molar-refractivity contribution < 1.29 is 8.83 Å². The minimum absolute atomic E-state index is 0.334. The highest BCUT2D eigenvalue weighted by Crippen LogP contribution is 2.42. The van der Waals surface area contributed by atoms with Crippen LogP contribution in [0.2, 0.25) is 0 Å². The highest BCUT2D eigenvalue weighted by atomic mass is 79.9. The molecule has 1 unspecified atom stereocenters. The van der Waals surface area contributed by atoms with Crippen LogP contribution in [-0.2, 0) is 0 Å². The summed E-state index contributed by atoms with van der Waals surface area (Å²) >= 11 is 3.65. The van der Waals surface area contributed by atoms with Crippen LogP contribution in [0.25, 0.3) is 21.9 Å². The highest BCUT2D eigenvalue weighted by Gasteiger charge is 2.22. The second-order valence-corrected chi connectivity index (χ2v) is 6.20. The van der Waals surface area contributed by atoms with E-state index in [2.05, 4.69) is 35.0 Å². The van der Waals surface area contributed by atoms with E-state index in [1.54, 1.807) is 0 Å². The molecule has 0 saturated heterocycles. The molecule has 1 aromatic carbocycles. The number of nitrogens with two attached hydrogens (primary N) is 1. The van der Waals surface area contributed by atoms with Crippen LogP contribution in [-0.4, -0.2) is 6.54 Å². The van der Waals surface area contributed by atoms with Gasteiger partial charge in [-0.15, -0.1) is 0 Å². The second kappa shape index (κ2) is 4.93. The summed E-state index contributed by atoms with van der Waals surface area (Å²) in [5.74, 6) is 2.15. The van der Waals surface area contributed by atoms with Gasteiger partial charge in [-0.25, -0.2) is 0 Å². The van der Waals surface area contributed by atoms with Crippen LogP contribution >= 0.6 is 15.9 Å². The Balaban J connectivity index is 2.44. The smallest absolute Gasteiger partial charge is 0.149 e. The summed E-state index contributed by atoms with van der Waals surface area (Å²) in [6.07, 6.45) is 0.926. The summed E-state index contributed by atoms with van der Waals surface area (Å²) in [5.41, 5.74) is 8.78. The van der Waals surface area contributed by atoms with E-state index in [1.165, 1.54) is 5.56 Å². The van der Waals surface area contributed by atoms with E-state index >= 15 is 0 Å². The van der Waals surface area contributed by atoms with E-state index in [0.29, 0.717) is 12.5 Å². The Hall–Kier alpha value is -1.26. The summed E-state index contributed by atoms with van der Waals surface area (Å²) in [4.78, 5) is 0. The van der Waals surface area contributed by atoms with E-state index < -0.39 is 0 Å². The summed E-state index contributed by atoms with van der Waals surface area (Å²) in [5, 5.41) is 2.19. The third kappa shape index (κ3) is 1.98. The van der Waals surface area contributed by atoms with Crippen molar-refractivity contribution >= 4 is 37.9 Å². The van der Waals surface area contributed by atoms with Crippen LogP contribution in [0.4, 0.5) is 0 Å². The van der Waals surface area contributed by atoms with Gasteiger partial charge in [-0.3, -0.25) is 0 Å². The Kier molecular flexibility index (Phi) is 3.38. The van der Waals surface area contributed by atoms with E-state index in [1.807, 2.05) is 13.8 Å². The van der Waals surface area contributed by atoms with Crippen molar-refractivity contribution in [2.24, 2.45) is 5.73 Å². The number of hydrogen-bond donors (Lipinski definition) is 1. The first kappa shape index (κ1) is 13.7. The van der Waals surface area contributed by atoms with Crippen LogP contribution in [0.1, 0.15) is 36.3 Å². The van der Waals surface area contributed by atoms with Crippen LogP contribution in [0.5, 0.6) is 0 Å². The molecule has 1 atom stereocenters. The third-order valence-corrected chi connectivity index (χ3v) is 4.56. The summed E-state index contributed by atoms with van der Waals surface area (Å²) in [6.45, 7) is 6.79. The monoisotopic (exact) mass is 335 g/mol. The third-order valence-electron chi connectivity index (χ3n) is 3.77. The van der Waals surface area contributed by atoms with Gasteiger partial charge in [0.2, 0.25) is 0 Å². The fraction of sp³-hybridized carbons (Fsp3) is 0.375. The summed E-state index contributed by atoms with van der Waals surface area (Å²) < 4.78 is 12.8. The lowest BCUT2D eigenvalue weighted by atomic mass is 9.93. The quantitative estimate of drug-likeness (QED) is 0.731. The molecule has 0 aliphatic rings. The molecule has 0 aliphatic carbocycles. The molecular formula is C16H18BrNO2. The van der Waals surface area contributed by atoms with Gasteiger partial charge in [0, 0.05) is 16.3 Å². The van der Waals surface area contributed by atoms with E-state index in [4.69, 9.17) is 14.6 Å². The fourth-order valence-electron chi connectivity index (χ4n) is 2.88. The maximum atomic E-state index is 5.95. The molecule has 4 heteroatoms. The van der Waals surface area contributed by atoms with Crippen molar-refractivity contribution in [3.63, 3.8) is 0 Å². The highest BCUT2D eigenvalue weighted by molar-refractivity contribution is 9.10. The Morgan fingerprint density at radius 3 is 2.35 bits per heavy atom. The first-order valence-electron chi connectivity index (χ1n) is 6.84. The number of aryl methyl sites for hydroxylation is 2. The van der Waals surface area contributed by atoms with E-state index in [9.17, 15) is 0 Å². The zero-order chi connectivity index (χ0) is 14.4. The molecule has 3 rings (SSSR count). The number of rotatable bonds is 3. The largest absolute Gasteiger partial charge is 0.461 e. The molecule has 20 heavy (non-hydrogen) atoms. The van der Waals surface area contributed by atoms with Gasteiger partial charge in [0.15, 0.2) is 0 Å². The molecule has 0 radical (unpaired) electrons. The standard InChI is InChI=1S/C16H18BrNO2/c1-8(4-5-18)13-11-6-9(2)20-16(11)14(17)12-7-10(3)19-15(12)13/h6-8H,4-5,18H2,1-3H3. The summed E-state index contributed by atoms with van der Waals surface area (Å²) in [7, 11) is 0. The van der Waals surface area contributed by atoms with Crippen molar-refractivity contribution in [2.75, 3.05) is 6.54 Å². The topological polar surface area (TPSA) is 52.3 Å². The number of fused-ring (bicyclic) bond motifs is 2. The second-order valence-electron chi connectivity index (χ2n) is 5.41. The molecule has 0 spiro atoms. The molecule has 0 fully saturated rings. The number of halogens is 1. The minimum Gasteiger partial charge on any atom is -0.461 e. The molecule has 2 N–H and O–H groups in total. The van der Waals surface area contributed by atoms with Gasteiger partial charge in [0.05, 0.1) is 4.47 Å². The van der Waals surface area contributed by atoms with Crippen molar-refractivity contribution in [3.8, 4) is 0 Å². The molecule has 3 aromatic rings. The molecule has 0 bridgehead atoms. The van der Waals surface area contributed by atoms with Gasteiger partial charge in [-0.1, -0.05) is 6.92 Å². The molecular weight excluding hydrogens is 318 g/mol. The first-order valence-corrected chi connectivity index (χ1v) is 7.64. The van der Waals surface area contributed by atoms with Crippen molar-refractivity contribution in [2.45, 2.75) is 33.1 Å². The minimum atomic E-state index is 0.334. The zero-order valence-corrected chi connectivity index (χ0v) is 13.5. The Morgan fingerprint density at radius 1 is 1.10 bits per heavy atom. The zero-order valence-electron chi connectivity index (χ0n) is 11.9. The Morgan fingerprint density at radius 2 is 1.70 bits per heavy atom. The van der Waals surface area contributed by atoms with Crippen LogP contribution < -0.4 is 5.73 Å². The lowest BCUT2D eigenvalue weighted by molar-refractivity contribution is 0.565. The Labute approximate surface area is 126 Å². The molecule has 2 heterocycles. The SMILES string of the molecule is Cc1cc2c(C(C)CCN)c3oc(C)cc3c(Br)c2o1. The molecule has 0 amide bonds. The van der Waals surface area contributed by atoms with Crippen molar-refractivity contribution in [1.82, 2.24) is 0 Å². The lowest BCUT2D eigenvalue weighted by Gasteiger charge is -2.13. The molecule has 106 valence electrons.